The van der Waals surface area contributed by atoms with E-state index in [0.717, 1.165) is 0 Å². The van der Waals surface area contributed by atoms with E-state index in [1.807, 2.05) is 0 Å². The molecule has 1 unspecified atom stereocenters. The van der Waals surface area contributed by atoms with Crippen LogP contribution in [0, 0.1) is 11.3 Å². The first-order valence-electron chi connectivity index (χ1n) is 6.65. The van der Waals surface area contributed by atoms with Crippen LogP contribution in [0.15, 0.2) is 0 Å². The molecule has 0 aliphatic carbocycles. The molecule has 1 atom stereocenters. The van der Waals surface area contributed by atoms with Gasteiger partial charge in [0, 0.05) is 19.6 Å². The maximum absolute atomic E-state index is 12.0. The molecule has 0 aromatic carbocycles. The first kappa shape index (κ1) is 17.9. The molecule has 2 N–H and O–H groups in total. The molecule has 110 valence electrons. The average Bonchev–Trinajstić information content (AvgIpc) is 2.21. The Morgan fingerprint density at radius 1 is 1.22 bits per heavy atom. The molecule has 0 spiro atoms. The fraction of sp³-hybridized carbons (Fsp3) is 1.00. The lowest BCUT2D eigenvalue weighted by Gasteiger charge is -2.23. The largest absolute Gasteiger partial charge is 0.327 e. The van der Waals surface area contributed by atoms with Crippen molar-refractivity contribution in [1.82, 2.24) is 4.31 Å². The van der Waals surface area contributed by atoms with E-state index in [4.69, 9.17) is 5.73 Å². The second-order valence-corrected chi connectivity index (χ2v) is 8.84. The molecule has 0 aromatic heterocycles. The molecule has 0 saturated heterocycles. The van der Waals surface area contributed by atoms with Gasteiger partial charge in [-0.25, -0.2) is 12.7 Å². The maximum Gasteiger partial charge on any atom is 0.213 e. The Hall–Kier alpha value is -0.130. The highest BCUT2D eigenvalue weighted by atomic mass is 32.2. The van der Waals surface area contributed by atoms with Crippen LogP contribution in [-0.4, -0.2) is 38.1 Å². The van der Waals surface area contributed by atoms with Crippen molar-refractivity contribution in [3.8, 4) is 0 Å². The highest BCUT2D eigenvalue weighted by Crippen LogP contribution is 2.20. The molecular weight excluding hydrogens is 248 g/mol. The minimum Gasteiger partial charge on any atom is -0.327 e. The van der Waals surface area contributed by atoms with Gasteiger partial charge in [0.25, 0.3) is 0 Å². The standard InChI is InChI=1S/C13H30N2O2S/c1-11(2)12(14)7-9-15(6)18(16,17)10-8-13(3,4)5/h11-12H,7-10,14H2,1-6H3. The molecule has 5 heteroatoms. The summed E-state index contributed by atoms with van der Waals surface area (Å²) in [4.78, 5) is 0. The Morgan fingerprint density at radius 3 is 2.11 bits per heavy atom. The van der Waals surface area contributed by atoms with Gasteiger partial charge >= 0.3 is 0 Å². The third-order valence-corrected chi connectivity index (χ3v) is 5.07. The summed E-state index contributed by atoms with van der Waals surface area (Å²) in [5, 5.41) is 0. The van der Waals surface area contributed by atoms with Crippen LogP contribution in [0.4, 0.5) is 0 Å². The molecule has 18 heavy (non-hydrogen) atoms. The molecule has 0 aromatic rings. The van der Waals surface area contributed by atoms with Gasteiger partial charge in [0.05, 0.1) is 5.75 Å². The smallest absolute Gasteiger partial charge is 0.213 e. The highest BCUT2D eigenvalue weighted by molar-refractivity contribution is 7.89. The molecule has 0 rings (SSSR count). The van der Waals surface area contributed by atoms with E-state index >= 15 is 0 Å². The molecule has 0 radical (unpaired) electrons. The van der Waals surface area contributed by atoms with Crippen LogP contribution in [0.1, 0.15) is 47.5 Å². The first-order valence-corrected chi connectivity index (χ1v) is 8.26. The van der Waals surface area contributed by atoms with Crippen molar-refractivity contribution in [2.45, 2.75) is 53.5 Å². The van der Waals surface area contributed by atoms with Gasteiger partial charge in [-0.3, -0.25) is 0 Å². The lowest BCUT2D eigenvalue weighted by Crippen LogP contribution is -2.36. The number of nitrogens with zero attached hydrogens (tertiary/aromatic N) is 1. The summed E-state index contributed by atoms with van der Waals surface area (Å²) in [6.45, 7) is 10.8. The molecule has 0 bridgehead atoms. The zero-order valence-electron chi connectivity index (χ0n) is 12.7. The topological polar surface area (TPSA) is 63.4 Å². The molecule has 0 fully saturated rings. The predicted molar refractivity (Wildman–Crippen MR) is 77.9 cm³/mol. The summed E-state index contributed by atoms with van der Waals surface area (Å²) in [7, 11) is -1.49. The summed E-state index contributed by atoms with van der Waals surface area (Å²) in [5.41, 5.74) is 5.97. The maximum atomic E-state index is 12.0. The van der Waals surface area contributed by atoms with Crippen LogP contribution >= 0.6 is 0 Å². The van der Waals surface area contributed by atoms with Crippen molar-refractivity contribution in [3.63, 3.8) is 0 Å². The summed E-state index contributed by atoms with van der Waals surface area (Å²) >= 11 is 0. The minimum atomic E-state index is -3.14. The lowest BCUT2D eigenvalue weighted by molar-refractivity contribution is 0.377. The molecule has 0 saturated carbocycles. The van der Waals surface area contributed by atoms with Crippen molar-refractivity contribution < 1.29 is 8.42 Å². The van der Waals surface area contributed by atoms with Crippen molar-refractivity contribution in [1.29, 1.82) is 0 Å². The summed E-state index contributed by atoms with van der Waals surface area (Å²) in [6, 6.07) is 0.0604. The van der Waals surface area contributed by atoms with Crippen LogP contribution in [-0.2, 0) is 10.0 Å². The minimum absolute atomic E-state index is 0.0439. The number of nitrogens with two attached hydrogens (primary N) is 1. The van der Waals surface area contributed by atoms with Gasteiger partial charge in [-0.1, -0.05) is 34.6 Å². The van der Waals surface area contributed by atoms with E-state index in [9.17, 15) is 8.42 Å². The van der Waals surface area contributed by atoms with Gasteiger partial charge in [-0.15, -0.1) is 0 Å². The Kier molecular flexibility index (Phi) is 6.82. The first-order chi connectivity index (χ1) is 7.96. The quantitative estimate of drug-likeness (QED) is 0.775. The van der Waals surface area contributed by atoms with Crippen molar-refractivity contribution in [3.05, 3.63) is 0 Å². The zero-order chi connectivity index (χ0) is 14.6. The van der Waals surface area contributed by atoms with E-state index in [2.05, 4.69) is 34.6 Å². The molecule has 4 nitrogen and oxygen atoms in total. The second kappa shape index (κ2) is 6.87. The predicted octanol–water partition coefficient (Wildman–Crippen LogP) is 2.06. The van der Waals surface area contributed by atoms with E-state index in [0.29, 0.717) is 25.3 Å². The molecule has 0 heterocycles. The molecule has 0 aliphatic rings. The molecule has 0 aliphatic heterocycles. The fourth-order valence-electron chi connectivity index (χ4n) is 1.39. The Bertz CT molecular complexity index is 331. The van der Waals surface area contributed by atoms with Crippen LogP contribution in [0.2, 0.25) is 0 Å². The Morgan fingerprint density at radius 2 is 1.72 bits per heavy atom. The number of rotatable bonds is 7. The lowest BCUT2D eigenvalue weighted by atomic mass is 9.94. The number of sulfonamides is 1. The van der Waals surface area contributed by atoms with Gasteiger partial charge in [-0.2, -0.15) is 0 Å². The number of hydrogen-bond donors (Lipinski definition) is 1. The monoisotopic (exact) mass is 278 g/mol. The van der Waals surface area contributed by atoms with Crippen molar-refractivity contribution in [2.75, 3.05) is 19.3 Å². The average molecular weight is 278 g/mol. The van der Waals surface area contributed by atoms with Crippen LogP contribution < -0.4 is 5.73 Å². The molecular formula is C13H30N2O2S. The molecule has 0 amide bonds. The van der Waals surface area contributed by atoms with E-state index in [1.54, 1.807) is 7.05 Å². The highest BCUT2D eigenvalue weighted by Gasteiger charge is 2.22. The van der Waals surface area contributed by atoms with Gasteiger partial charge in [-0.05, 0) is 24.2 Å². The van der Waals surface area contributed by atoms with Crippen molar-refractivity contribution in [2.24, 2.45) is 17.1 Å². The van der Waals surface area contributed by atoms with Gasteiger partial charge < -0.3 is 5.73 Å². The van der Waals surface area contributed by atoms with Crippen LogP contribution in [0.3, 0.4) is 0 Å². The third-order valence-electron chi connectivity index (χ3n) is 3.22. The van der Waals surface area contributed by atoms with E-state index in [-0.39, 0.29) is 17.2 Å². The SMILES string of the molecule is CC(C)C(N)CCN(C)S(=O)(=O)CCC(C)(C)C. The fourth-order valence-corrected chi connectivity index (χ4v) is 2.96. The third kappa shape index (κ3) is 7.34. The van der Waals surface area contributed by atoms with E-state index < -0.39 is 10.0 Å². The summed E-state index contributed by atoms with van der Waals surface area (Å²) in [5.74, 6) is 0.597. The summed E-state index contributed by atoms with van der Waals surface area (Å²) < 4.78 is 25.5. The second-order valence-electron chi connectivity index (χ2n) is 6.64. The number of hydrogen-bond acceptors (Lipinski definition) is 3. The van der Waals surface area contributed by atoms with Gasteiger partial charge in [0.2, 0.25) is 10.0 Å². The van der Waals surface area contributed by atoms with Crippen molar-refractivity contribution >= 4 is 10.0 Å². The van der Waals surface area contributed by atoms with Gasteiger partial charge in [0.1, 0.15) is 0 Å². The Balaban J connectivity index is 4.27. The summed E-state index contributed by atoms with van der Waals surface area (Å²) in [6.07, 6.45) is 1.39. The zero-order valence-corrected chi connectivity index (χ0v) is 13.5. The van der Waals surface area contributed by atoms with Crippen LogP contribution in [0.5, 0.6) is 0 Å². The van der Waals surface area contributed by atoms with Gasteiger partial charge in [0.15, 0.2) is 0 Å². The van der Waals surface area contributed by atoms with Crippen LogP contribution in [0.25, 0.3) is 0 Å². The Labute approximate surface area is 113 Å². The van der Waals surface area contributed by atoms with E-state index in [1.165, 1.54) is 4.31 Å². The normalized spacial score (nSPS) is 15.4.